The van der Waals surface area contributed by atoms with Gasteiger partial charge in [0.15, 0.2) is 0 Å². The lowest BCUT2D eigenvalue weighted by Crippen LogP contribution is -2.34. The molecular formula is C17H27NO. The van der Waals surface area contributed by atoms with Crippen molar-refractivity contribution in [2.24, 2.45) is 5.92 Å². The highest BCUT2D eigenvalue weighted by molar-refractivity contribution is 5.29. The zero-order valence-electron chi connectivity index (χ0n) is 12.5. The molecule has 2 atom stereocenters. The molecule has 2 nitrogen and oxygen atoms in total. The third-order valence-corrected chi connectivity index (χ3v) is 4.31. The first-order valence-electron chi connectivity index (χ1n) is 7.69. The van der Waals surface area contributed by atoms with Crippen LogP contribution in [-0.2, 0) is 0 Å². The second-order valence-corrected chi connectivity index (χ2v) is 5.72. The van der Waals surface area contributed by atoms with E-state index in [1.54, 1.807) is 0 Å². The quantitative estimate of drug-likeness (QED) is 0.823. The molecular weight excluding hydrogens is 234 g/mol. The summed E-state index contributed by atoms with van der Waals surface area (Å²) in [5.41, 5.74) is 1.34. The Kier molecular flexibility index (Phi) is 5.26. The molecule has 2 rings (SSSR count). The molecule has 2 unspecified atom stereocenters. The van der Waals surface area contributed by atoms with Crippen LogP contribution in [0.2, 0.25) is 0 Å². The highest BCUT2D eigenvalue weighted by atomic mass is 16.5. The Bertz CT molecular complexity index is 367. The summed E-state index contributed by atoms with van der Waals surface area (Å²) >= 11 is 0. The van der Waals surface area contributed by atoms with Crippen LogP contribution in [0.4, 0.5) is 0 Å². The van der Waals surface area contributed by atoms with E-state index in [2.05, 4.69) is 43.4 Å². The Morgan fingerprint density at radius 2 is 1.79 bits per heavy atom. The van der Waals surface area contributed by atoms with E-state index < -0.39 is 0 Å². The Morgan fingerprint density at radius 1 is 1.16 bits per heavy atom. The lowest BCUT2D eigenvalue weighted by atomic mass is 9.98. The minimum Gasteiger partial charge on any atom is -0.494 e. The summed E-state index contributed by atoms with van der Waals surface area (Å²) in [7, 11) is 0. The summed E-state index contributed by atoms with van der Waals surface area (Å²) in [5, 5.41) is 3.75. The highest BCUT2D eigenvalue weighted by Gasteiger charge is 2.22. The van der Waals surface area contributed by atoms with Gasteiger partial charge in [-0.25, -0.2) is 0 Å². The van der Waals surface area contributed by atoms with Gasteiger partial charge in [0.25, 0.3) is 0 Å². The van der Waals surface area contributed by atoms with E-state index in [9.17, 15) is 0 Å². The molecule has 1 saturated carbocycles. The van der Waals surface area contributed by atoms with Gasteiger partial charge in [0.2, 0.25) is 0 Å². The largest absolute Gasteiger partial charge is 0.494 e. The van der Waals surface area contributed by atoms with Crippen molar-refractivity contribution in [2.45, 2.75) is 58.5 Å². The van der Waals surface area contributed by atoms with Crippen LogP contribution in [-0.4, -0.2) is 12.6 Å². The number of rotatable bonds is 6. The van der Waals surface area contributed by atoms with Gasteiger partial charge in [-0.1, -0.05) is 25.0 Å². The molecule has 0 saturated heterocycles. The molecule has 0 aromatic heterocycles. The van der Waals surface area contributed by atoms with Crippen molar-refractivity contribution in [3.05, 3.63) is 29.8 Å². The second kappa shape index (κ2) is 6.95. The van der Waals surface area contributed by atoms with Gasteiger partial charge >= 0.3 is 0 Å². The predicted molar refractivity (Wildman–Crippen MR) is 80.6 cm³/mol. The summed E-state index contributed by atoms with van der Waals surface area (Å²) in [5.74, 6) is 1.83. The smallest absolute Gasteiger partial charge is 0.119 e. The van der Waals surface area contributed by atoms with E-state index >= 15 is 0 Å². The Labute approximate surface area is 117 Å². The molecule has 0 radical (unpaired) electrons. The van der Waals surface area contributed by atoms with Gasteiger partial charge in [-0.3, -0.25) is 0 Å². The number of benzene rings is 1. The van der Waals surface area contributed by atoms with Gasteiger partial charge in [0.1, 0.15) is 5.75 Å². The van der Waals surface area contributed by atoms with E-state index in [0.717, 1.165) is 18.3 Å². The number of hydrogen-bond donors (Lipinski definition) is 1. The molecule has 1 N–H and O–H groups in total. The third kappa shape index (κ3) is 3.97. The minimum atomic E-state index is 0.409. The molecule has 0 aliphatic heterocycles. The number of hydrogen-bond acceptors (Lipinski definition) is 2. The fraction of sp³-hybridized carbons (Fsp3) is 0.647. The van der Waals surface area contributed by atoms with Crippen LogP contribution in [0.25, 0.3) is 0 Å². The van der Waals surface area contributed by atoms with E-state index in [4.69, 9.17) is 4.74 Å². The molecule has 1 fully saturated rings. The van der Waals surface area contributed by atoms with Crippen molar-refractivity contribution in [3.63, 3.8) is 0 Å². The van der Waals surface area contributed by atoms with Gasteiger partial charge < -0.3 is 10.1 Å². The SMILES string of the molecule is CCOc1ccc(C(C)NC(C)C2CCCC2)cc1. The second-order valence-electron chi connectivity index (χ2n) is 5.72. The molecule has 0 spiro atoms. The number of nitrogens with one attached hydrogen (secondary N) is 1. The number of ether oxygens (including phenoxy) is 1. The van der Waals surface area contributed by atoms with Crippen LogP contribution in [0.3, 0.4) is 0 Å². The maximum absolute atomic E-state index is 5.48. The van der Waals surface area contributed by atoms with Crippen LogP contribution in [0.5, 0.6) is 5.75 Å². The Hall–Kier alpha value is -1.02. The molecule has 2 heteroatoms. The molecule has 0 bridgehead atoms. The van der Waals surface area contributed by atoms with Gasteiger partial charge in [-0.05, 0) is 57.2 Å². The zero-order chi connectivity index (χ0) is 13.7. The van der Waals surface area contributed by atoms with Crippen molar-refractivity contribution in [3.8, 4) is 5.75 Å². The minimum absolute atomic E-state index is 0.409. The fourth-order valence-electron chi connectivity index (χ4n) is 3.10. The van der Waals surface area contributed by atoms with Crippen LogP contribution < -0.4 is 10.1 Å². The van der Waals surface area contributed by atoms with Crippen molar-refractivity contribution < 1.29 is 4.74 Å². The van der Waals surface area contributed by atoms with Crippen LogP contribution in [0.15, 0.2) is 24.3 Å². The topological polar surface area (TPSA) is 21.3 Å². The standard InChI is InChI=1S/C17H27NO/c1-4-19-17-11-9-16(10-12-17)14(3)18-13(2)15-7-5-6-8-15/h9-15,18H,4-8H2,1-3H3. The van der Waals surface area contributed by atoms with E-state index in [1.165, 1.54) is 31.2 Å². The summed E-state index contributed by atoms with van der Waals surface area (Å²) < 4.78 is 5.48. The molecule has 106 valence electrons. The van der Waals surface area contributed by atoms with Crippen LogP contribution in [0, 0.1) is 5.92 Å². The third-order valence-electron chi connectivity index (χ3n) is 4.31. The lowest BCUT2D eigenvalue weighted by Gasteiger charge is -2.25. The van der Waals surface area contributed by atoms with Gasteiger partial charge in [-0.15, -0.1) is 0 Å². The van der Waals surface area contributed by atoms with E-state index in [0.29, 0.717) is 12.1 Å². The molecule has 1 aliphatic carbocycles. The maximum atomic E-state index is 5.48. The molecule has 1 aromatic carbocycles. The lowest BCUT2D eigenvalue weighted by molar-refractivity contribution is 0.339. The molecule has 1 aromatic rings. The van der Waals surface area contributed by atoms with Gasteiger partial charge in [0.05, 0.1) is 6.61 Å². The zero-order valence-corrected chi connectivity index (χ0v) is 12.5. The first kappa shape index (κ1) is 14.4. The molecule has 1 aliphatic rings. The first-order valence-corrected chi connectivity index (χ1v) is 7.69. The van der Waals surface area contributed by atoms with Gasteiger partial charge in [-0.2, -0.15) is 0 Å². The van der Waals surface area contributed by atoms with Crippen molar-refractivity contribution >= 4 is 0 Å². The fourth-order valence-corrected chi connectivity index (χ4v) is 3.10. The Morgan fingerprint density at radius 3 is 2.37 bits per heavy atom. The normalized spacial score (nSPS) is 19.3. The van der Waals surface area contributed by atoms with Crippen LogP contribution in [0.1, 0.15) is 58.1 Å². The maximum Gasteiger partial charge on any atom is 0.119 e. The van der Waals surface area contributed by atoms with Crippen molar-refractivity contribution in [1.29, 1.82) is 0 Å². The molecule has 19 heavy (non-hydrogen) atoms. The molecule has 0 heterocycles. The van der Waals surface area contributed by atoms with Crippen molar-refractivity contribution in [2.75, 3.05) is 6.61 Å². The summed E-state index contributed by atoms with van der Waals surface area (Å²) in [6, 6.07) is 9.50. The highest BCUT2D eigenvalue weighted by Crippen LogP contribution is 2.29. The summed E-state index contributed by atoms with van der Waals surface area (Å²) in [6.07, 6.45) is 5.61. The van der Waals surface area contributed by atoms with E-state index in [1.807, 2.05) is 6.92 Å². The first-order chi connectivity index (χ1) is 9.20. The van der Waals surface area contributed by atoms with Crippen molar-refractivity contribution in [1.82, 2.24) is 5.32 Å². The van der Waals surface area contributed by atoms with Crippen LogP contribution >= 0.6 is 0 Å². The van der Waals surface area contributed by atoms with Gasteiger partial charge in [0, 0.05) is 12.1 Å². The van der Waals surface area contributed by atoms with E-state index in [-0.39, 0.29) is 0 Å². The summed E-state index contributed by atoms with van der Waals surface area (Å²) in [6.45, 7) is 7.33. The molecule has 0 amide bonds. The Balaban J connectivity index is 1.89. The average molecular weight is 261 g/mol. The predicted octanol–water partition coefficient (Wildman–Crippen LogP) is 4.31. The monoisotopic (exact) mass is 261 g/mol. The summed E-state index contributed by atoms with van der Waals surface area (Å²) in [4.78, 5) is 0. The average Bonchev–Trinajstić information content (AvgIpc) is 2.94.